The molecule has 0 saturated carbocycles. The quantitative estimate of drug-likeness (QED) is 0.347. The molecular weight excluding hydrogens is 376 g/mol. The van der Waals surface area contributed by atoms with Crippen molar-refractivity contribution in [2.75, 3.05) is 57.9 Å². The van der Waals surface area contributed by atoms with Crippen molar-refractivity contribution in [3.63, 3.8) is 0 Å². The van der Waals surface area contributed by atoms with Crippen LogP contribution in [-0.2, 0) is 11.2 Å². The fourth-order valence-corrected chi connectivity index (χ4v) is 3.77. The van der Waals surface area contributed by atoms with Crippen molar-refractivity contribution >= 4 is 11.6 Å². The third-order valence-electron chi connectivity index (χ3n) is 5.49. The van der Waals surface area contributed by atoms with Gasteiger partial charge in [0.2, 0.25) is 0 Å². The van der Waals surface area contributed by atoms with Crippen LogP contribution in [0.5, 0.6) is 0 Å². The number of guanidine groups is 1. The van der Waals surface area contributed by atoms with Crippen LogP contribution in [0.25, 0.3) is 0 Å². The molecule has 0 bridgehead atoms. The van der Waals surface area contributed by atoms with E-state index in [0.29, 0.717) is 5.92 Å². The van der Waals surface area contributed by atoms with Gasteiger partial charge in [-0.05, 0) is 44.0 Å². The van der Waals surface area contributed by atoms with Crippen LogP contribution in [0.4, 0.5) is 5.69 Å². The molecule has 1 fully saturated rings. The van der Waals surface area contributed by atoms with Gasteiger partial charge in [0.05, 0.1) is 12.9 Å². The minimum Gasteiger partial charge on any atom is -0.469 e. The monoisotopic (exact) mass is 412 g/mol. The van der Waals surface area contributed by atoms with Gasteiger partial charge in [0.15, 0.2) is 5.96 Å². The van der Waals surface area contributed by atoms with Crippen molar-refractivity contribution in [3.05, 3.63) is 54.5 Å². The zero-order valence-corrected chi connectivity index (χ0v) is 18.4. The molecule has 6 nitrogen and oxygen atoms in total. The number of likely N-dealkylation sites (tertiary alicyclic amines) is 1. The number of nitrogens with zero attached hydrogens (tertiary/aromatic N) is 3. The predicted molar refractivity (Wildman–Crippen MR) is 123 cm³/mol. The lowest BCUT2D eigenvalue weighted by atomic mass is 10.1. The maximum absolute atomic E-state index is 5.64. The van der Waals surface area contributed by atoms with E-state index in [1.165, 1.54) is 5.69 Å². The van der Waals surface area contributed by atoms with Crippen molar-refractivity contribution in [1.82, 2.24) is 10.2 Å². The molecule has 1 aliphatic rings. The smallest absolute Gasteiger partial charge is 0.193 e. The van der Waals surface area contributed by atoms with Crippen molar-refractivity contribution in [2.24, 2.45) is 10.9 Å². The lowest BCUT2D eigenvalue weighted by Gasteiger charge is -2.23. The molecule has 1 aliphatic heterocycles. The van der Waals surface area contributed by atoms with E-state index in [1.807, 2.05) is 12.1 Å². The SMILES string of the molecule is CCOCC1CCN(C(=NCCCN(C)c2ccccc2)NCCc2ccco2)C1. The topological polar surface area (TPSA) is 53.2 Å². The molecule has 0 spiro atoms. The number of nitrogens with one attached hydrogen (secondary N) is 1. The van der Waals surface area contributed by atoms with Crippen LogP contribution in [0.3, 0.4) is 0 Å². The first kappa shape index (κ1) is 22.2. The standard InChI is InChI=1S/C24H36N4O2/c1-3-29-20-21-13-17-28(19-21)24(26-15-12-23-11-7-18-30-23)25-14-8-16-27(2)22-9-5-4-6-10-22/h4-7,9-11,18,21H,3,8,12-17,19-20H2,1-2H3,(H,25,26). The van der Waals surface area contributed by atoms with E-state index >= 15 is 0 Å². The van der Waals surface area contributed by atoms with Crippen molar-refractivity contribution in [3.8, 4) is 0 Å². The minimum atomic E-state index is 0.589. The Bertz CT molecular complexity index is 733. The van der Waals surface area contributed by atoms with E-state index in [0.717, 1.165) is 76.9 Å². The molecule has 1 N–H and O–H groups in total. The third-order valence-corrected chi connectivity index (χ3v) is 5.49. The van der Waals surface area contributed by atoms with Crippen molar-refractivity contribution < 1.29 is 9.15 Å². The van der Waals surface area contributed by atoms with Crippen molar-refractivity contribution in [1.29, 1.82) is 0 Å². The highest BCUT2D eigenvalue weighted by Crippen LogP contribution is 2.17. The summed E-state index contributed by atoms with van der Waals surface area (Å²) in [7, 11) is 2.14. The van der Waals surface area contributed by atoms with Crippen LogP contribution in [0.2, 0.25) is 0 Å². The molecule has 6 heteroatoms. The van der Waals surface area contributed by atoms with Gasteiger partial charge in [-0.3, -0.25) is 4.99 Å². The molecule has 30 heavy (non-hydrogen) atoms. The number of aliphatic imine (C=N–C) groups is 1. The summed E-state index contributed by atoms with van der Waals surface area (Å²) in [5.74, 6) is 2.61. The number of rotatable bonds is 11. The normalized spacial score (nSPS) is 16.8. The number of benzene rings is 1. The lowest BCUT2D eigenvalue weighted by molar-refractivity contribution is 0.114. The third kappa shape index (κ3) is 7.10. The first-order valence-electron chi connectivity index (χ1n) is 11.2. The zero-order valence-electron chi connectivity index (χ0n) is 18.4. The molecule has 2 heterocycles. The fraction of sp³-hybridized carbons (Fsp3) is 0.542. The number of furan rings is 1. The Morgan fingerprint density at radius 3 is 2.90 bits per heavy atom. The van der Waals surface area contributed by atoms with Gasteiger partial charge < -0.3 is 24.3 Å². The lowest BCUT2D eigenvalue weighted by Crippen LogP contribution is -2.41. The summed E-state index contributed by atoms with van der Waals surface area (Å²) in [6.07, 6.45) is 4.77. The van der Waals surface area contributed by atoms with Gasteiger partial charge in [0.25, 0.3) is 0 Å². The van der Waals surface area contributed by atoms with Crippen LogP contribution in [0, 0.1) is 5.92 Å². The number of ether oxygens (including phenoxy) is 1. The molecule has 2 aromatic rings. The van der Waals surface area contributed by atoms with E-state index in [2.05, 4.69) is 59.4 Å². The first-order chi connectivity index (χ1) is 14.8. The summed E-state index contributed by atoms with van der Waals surface area (Å²) >= 11 is 0. The van der Waals surface area contributed by atoms with E-state index in [1.54, 1.807) is 6.26 Å². The van der Waals surface area contributed by atoms with Gasteiger partial charge >= 0.3 is 0 Å². The molecule has 0 radical (unpaired) electrons. The van der Waals surface area contributed by atoms with Gasteiger partial charge in [-0.25, -0.2) is 0 Å². The number of para-hydroxylation sites is 1. The molecule has 1 saturated heterocycles. The Kier molecular flexibility index (Phi) is 9.09. The maximum Gasteiger partial charge on any atom is 0.193 e. The summed E-state index contributed by atoms with van der Waals surface area (Å²) in [4.78, 5) is 9.61. The minimum absolute atomic E-state index is 0.589. The van der Waals surface area contributed by atoms with Gasteiger partial charge in [0, 0.05) is 64.4 Å². The molecule has 1 aromatic carbocycles. The van der Waals surface area contributed by atoms with Gasteiger partial charge in [0.1, 0.15) is 5.76 Å². The van der Waals surface area contributed by atoms with E-state index in [4.69, 9.17) is 14.1 Å². The summed E-state index contributed by atoms with van der Waals surface area (Å²) < 4.78 is 11.1. The average Bonchev–Trinajstić information content (AvgIpc) is 3.46. The van der Waals surface area contributed by atoms with E-state index in [-0.39, 0.29) is 0 Å². The molecule has 3 rings (SSSR count). The van der Waals surface area contributed by atoms with Gasteiger partial charge in [-0.15, -0.1) is 0 Å². The second kappa shape index (κ2) is 12.3. The summed E-state index contributed by atoms with van der Waals surface area (Å²) in [5, 5.41) is 3.56. The van der Waals surface area contributed by atoms with Gasteiger partial charge in [-0.1, -0.05) is 18.2 Å². The predicted octanol–water partition coefficient (Wildman–Crippen LogP) is 3.65. The maximum atomic E-state index is 5.64. The molecule has 1 unspecified atom stereocenters. The highest BCUT2D eigenvalue weighted by atomic mass is 16.5. The second-order valence-electron chi connectivity index (χ2n) is 7.83. The number of hydrogen-bond acceptors (Lipinski definition) is 4. The Morgan fingerprint density at radius 2 is 2.13 bits per heavy atom. The Balaban J connectivity index is 1.50. The van der Waals surface area contributed by atoms with Crippen LogP contribution < -0.4 is 10.2 Å². The number of hydrogen-bond donors (Lipinski definition) is 1. The molecule has 1 aromatic heterocycles. The largest absolute Gasteiger partial charge is 0.469 e. The Morgan fingerprint density at radius 1 is 1.27 bits per heavy atom. The van der Waals surface area contributed by atoms with E-state index < -0.39 is 0 Å². The highest BCUT2D eigenvalue weighted by Gasteiger charge is 2.25. The average molecular weight is 413 g/mol. The fourth-order valence-electron chi connectivity index (χ4n) is 3.77. The molecule has 0 amide bonds. The van der Waals surface area contributed by atoms with Crippen LogP contribution in [0.1, 0.15) is 25.5 Å². The highest BCUT2D eigenvalue weighted by molar-refractivity contribution is 5.80. The van der Waals surface area contributed by atoms with E-state index in [9.17, 15) is 0 Å². The summed E-state index contributed by atoms with van der Waals surface area (Å²) in [6.45, 7) is 8.35. The number of anilines is 1. The summed E-state index contributed by atoms with van der Waals surface area (Å²) in [6, 6.07) is 14.5. The second-order valence-corrected chi connectivity index (χ2v) is 7.83. The summed E-state index contributed by atoms with van der Waals surface area (Å²) in [5.41, 5.74) is 1.25. The van der Waals surface area contributed by atoms with Crippen molar-refractivity contribution in [2.45, 2.75) is 26.2 Å². The molecular formula is C24H36N4O2. The van der Waals surface area contributed by atoms with Crippen LogP contribution in [0.15, 0.2) is 58.1 Å². The van der Waals surface area contributed by atoms with Crippen LogP contribution >= 0.6 is 0 Å². The molecule has 164 valence electrons. The van der Waals surface area contributed by atoms with Crippen LogP contribution in [-0.4, -0.2) is 63.8 Å². The Hall–Kier alpha value is -2.47. The zero-order chi connectivity index (χ0) is 21.0. The Labute approximate surface area is 180 Å². The van der Waals surface area contributed by atoms with Gasteiger partial charge in [-0.2, -0.15) is 0 Å². The molecule has 0 aliphatic carbocycles. The first-order valence-corrected chi connectivity index (χ1v) is 11.2. The molecule has 1 atom stereocenters.